The fourth-order valence-electron chi connectivity index (χ4n) is 1.33. The van der Waals surface area contributed by atoms with E-state index in [9.17, 15) is 0 Å². The summed E-state index contributed by atoms with van der Waals surface area (Å²) < 4.78 is 3.82. The molecule has 2 aromatic heterocycles. The minimum absolute atomic E-state index is 0.331. The molecule has 0 bridgehead atoms. The fraction of sp³-hybridized carbons (Fsp3) is 0.400. The summed E-state index contributed by atoms with van der Waals surface area (Å²) in [6.45, 7) is 4.34. The SMILES string of the molecule is CCc1ccc(C(C)Nc2cnns2)s1. The number of nitrogens with one attached hydrogen (secondary N) is 1. The Hall–Kier alpha value is -0.940. The lowest BCUT2D eigenvalue weighted by Gasteiger charge is -2.10. The van der Waals surface area contributed by atoms with Gasteiger partial charge in [0, 0.05) is 21.3 Å². The van der Waals surface area contributed by atoms with Gasteiger partial charge in [-0.15, -0.1) is 16.4 Å². The Kier molecular flexibility index (Phi) is 3.33. The van der Waals surface area contributed by atoms with Crippen molar-refractivity contribution in [3.8, 4) is 0 Å². The number of thiophene rings is 1. The van der Waals surface area contributed by atoms with Gasteiger partial charge >= 0.3 is 0 Å². The Bertz CT molecular complexity index is 408. The van der Waals surface area contributed by atoms with Gasteiger partial charge in [-0.2, -0.15) is 0 Å². The molecule has 0 fully saturated rings. The molecule has 0 aliphatic carbocycles. The van der Waals surface area contributed by atoms with Crippen LogP contribution in [0.1, 0.15) is 29.6 Å². The van der Waals surface area contributed by atoms with Crippen molar-refractivity contribution in [2.45, 2.75) is 26.3 Å². The van der Waals surface area contributed by atoms with Crippen LogP contribution in [0.25, 0.3) is 0 Å². The Balaban J connectivity index is 2.04. The first-order valence-corrected chi connectivity index (χ1v) is 6.51. The molecule has 0 radical (unpaired) electrons. The first-order chi connectivity index (χ1) is 7.29. The van der Waals surface area contributed by atoms with Gasteiger partial charge in [0.1, 0.15) is 5.00 Å². The van der Waals surface area contributed by atoms with Gasteiger partial charge in [0.15, 0.2) is 0 Å². The van der Waals surface area contributed by atoms with E-state index in [1.165, 1.54) is 21.3 Å². The van der Waals surface area contributed by atoms with E-state index in [1.54, 1.807) is 6.20 Å². The van der Waals surface area contributed by atoms with Crippen molar-refractivity contribution in [2.24, 2.45) is 0 Å². The maximum absolute atomic E-state index is 3.82. The molecule has 1 unspecified atom stereocenters. The lowest BCUT2D eigenvalue weighted by molar-refractivity contribution is 0.912. The van der Waals surface area contributed by atoms with Crippen LogP contribution in [-0.4, -0.2) is 9.59 Å². The average Bonchev–Trinajstić information content (AvgIpc) is 2.86. The minimum atomic E-state index is 0.331. The summed E-state index contributed by atoms with van der Waals surface area (Å²) in [7, 11) is 0. The largest absolute Gasteiger partial charge is 0.367 e. The summed E-state index contributed by atoms with van der Waals surface area (Å²) in [6, 6.07) is 4.72. The van der Waals surface area contributed by atoms with Gasteiger partial charge in [-0.3, -0.25) is 0 Å². The normalized spacial score (nSPS) is 12.7. The molecular formula is C10H13N3S2. The molecule has 0 aromatic carbocycles. The van der Waals surface area contributed by atoms with E-state index in [2.05, 4.69) is 40.9 Å². The molecule has 0 amide bonds. The highest BCUT2D eigenvalue weighted by Crippen LogP contribution is 2.27. The second-order valence-corrected chi connectivity index (χ2v) is 5.29. The third-order valence-electron chi connectivity index (χ3n) is 2.18. The molecule has 0 aliphatic rings. The molecule has 15 heavy (non-hydrogen) atoms. The third kappa shape index (κ3) is 2.54. The Labute approximate surface area is 97.3 Å². The molecule has 3 nitrogen and oxygen atoms in total. The van der Waals surface area contributed by atoms with E-state index in [0.29, 0.717) is 6.04 Å². The van der Waals surface area contributed by atoms with Crippen LogP contribution in [0.4, 0.5) is 5.00 Å². The van der Waals surface area contributed by atoms with Gasteiger partial charge in [0.2, 0.25) is 0 Å². The standard InChI is InChI=1S/C10H13N3S2/c1-3-8-4-5-9(14-8)7(2)12-10-6-11-13-15-10/h4-7,12H,3H2,1-2H3. The van der Waals surface area contributed by atoms with Crippen LogP contribution in [0, 0.1) is 0 Å². The van der Waals surface area contributed by atoms with E-state index in [-0.39, 0.29) is 0 Å². The van der Waals surface area contributed by atoms with Gasteiger partial charge in [-0.25, -0.2) is 0 Å². The molecule has 1 N–H and O–H groups in total. The van der Waals surface area contributed by atoms with Crippen LogP contribution >= 0.6 is 22.9 Å². The smallest absolute Gasteiger partial charge is 0.130 e. The monoisotopic (exact) mass is 239 g/mol. The predicted molar refractivity (Wildman–Crippen MR) is 65.6 cm³/mol. The molecule has 1 atom stereocenters. The summed E-state index contributed by atoms with van der Waals surface area (Å²) >= 11 is 3.26. The van der Waals surface area contributed by atoms with Gasteiger partial charge in [0.25, 0.3) is 0 Å². The van der Waals surface area contributed by atoms with E-state index in [4.69, 9.17) is 0 Å². The fourth-order valence-corrected chi connectivity index (χ4v) is 2.79. The van der Waals surface area contributed by atoms with Gasteiger partial charge < -0.3 is 5.32 Å². The van der Waals surface area contributed by atoms with Crippen LogP contribution < -0.4 is 5.32 Å². The zero-order valence-electron chi connectivity index (χ0n) is 8.73. The molecule has 2 aromatic rings. The Morgan fingerprint density at radius 3 is 2.93 bits per heavy atom. The van der Waals surface area contributed by atoms with Crippen LogP contribution in [0.3, 0.4) is 0 Å². The number of hydrogen-bond acceptors (Lipinski definition) is 5. The lowest BCUT2D eigenvalue weighted by atomic mass is 10.2. The van der Waals surface area contributed by atoms with Crippen LogP contribution in [-0.2, 0) is 6.42 Å². The number of nitrogens with zero attached hydrogens (tertiary/aromatic N) is 2. The van der Waals surface area contributed by atoms with E-state index < -0.39 is 0 Å². The molecule has 80 valence electrons. The Morgan fingerprint density at radius 1 is 1.47 bits per heavy atom. The number of aryl methyl sites for hydroxylation is 1. The van der Waals surface area contributed by atoms with Crippen molar-refractivity contribution in [3.05, 3.63) is 28.1 Å². The lowest BCUT2D eigenvalue weighted by Crippen LogP contribution is -2.02. The highest BCUT2D eigenvalue weighted by molar-refractivity contribution is 7.12. The van der Waals surface area contributed by atoms with Crippen LogP contribution in [0.5, 0.6) is 0 Å². The molecule has 0 spiro atoms. The second kappa shape index (κ2) is 4.72. The first kappa shape index (κ1) is 10.6. The van der Waals surface area contributed by atoms with Gasteiger partial charge in [-0.05, 0) is 25.5 Å². The first-order valence-electron chi connectivity index (χ1n) is 4.92. The zero-order chi connectivity index (χ0) is 10.7. The zero-order valence-corrected chi connectivity index (χ0v) is 10.4. The van der Waals surface area contributed by atoms with Crippen molar-refractivity contribution in [1.29, 1.82) is 0 Å². The van der Waals surface area contributed by atoms with E-state index >= 15 is 0 Å². The summed E-state index contributed by atoms with van der Waals surface area (Å²) in [4.78, 5) is 2.79. The molecule has 0 saturated heterocycles. The number of rotatable bonds is 4. The van der Waals surface area contributed by atoms with Crippen molar-refractivity contribution < 1.29 is 0 Å². The maximum atomic E-state index is 3.82. The third-order valence-corrected chi connectivity index (χ3v) is 4.19. The summed E-state index contributed by atoms with van der Waals surface area (Å²) in [6.07, 6.45) is 2.87. The highest BCUT2D eigenvalue weighted by atomic mass is 32.1. The molecule has 0 saturated carbocycles. The van der Waals surface area contributed by atoms with Crippen molar-refractivity contribution in [1.82, 2.24) is 9.59 Å². The topological polar surface area (TPSA) is 37.8 Å². The second-order valence-electron chi connectivity index (χ2n) is 3.31. The maximum Gasteiger partial charge on any atom is 0.130 e. The average molecular weight is 239 g/mol. The van der Waals surface area contributed by atoms with Crippen LogP contribution in [0.2, 0.25) is 0 Å². The predicted octanol–water partition coefficient (Wildman–Crippen LogP) is 3.34. The summed E-state index contributed by atoms with van der Waals surface area (Å²) in [5.74, 6) is 0. The number of anilines is 1. The molecule has 0 aliphatic heterocycles. The minimum Gasteiger partial charge on any atom is -0.367 e. The molecular weight excluding hydrogens is 226 g/mol. The summed E-state index contributed by atoms with van der Waals surface area (Å²) in [5.41, 5.74) is 0. The quantitative estimate of drug-likeness (QED) is 0.889. The van der Waals surface area contributed by atoms with Crippen molar-refractivity contribution in [3.63, 3.8) is 0 Å². The van der Waals surface area contributed by atoms with Gasteiger partial charge in [0.05, 0.1) is 12.2 Å². The molecule has 5 heteroatoms. The van der Waals surface area contributed by atoms with E-state index in [0.717, 1.165) is 11.4 Å². The van der Waals surface area contributed by atoms with E-state index in [1.807, 2.05) is 11.3 Å². The summed E-state index contributed by atoms with van der Waals surface area (Å²) in [5, 5.41) is 8.20. The van der Waals surface area contributed by atoms with Crippen molar-refractivity contribution in [2.75, 3.05) is 5.32 Å². The van der Waals surface area contributed by atoms with Crippen LogP contribution in [0.15, 0.2) is 18.3 Å². The number of aromatic nitrogens is 2. The highest BCUT2D eigenvalue weighted by Gasteiger charge is 2.08. The van der Waals surface area contributed by atoms with Crippen molar-refractivity contribution >= 4 is 27.9 Å². The number of hydrogen-bond donors (Lipinski definition) is 1. The molecule has 2 heterocycles. The van der Waals surface area contributed by atoms with Gasteiger partial charge in [-0.1, -0.05) is 11.4 Å². The Morgan fingerprint density at radius 2 is 2.33 bits per heavy atom. The molecule has 2 rings (SSSR count).